The molecule has 0 amide bonds. The highest BCUT2D eigenvalue weighted by atomic mass is 16.4. The molecule has 0 bridgehead atoms. The second-order valence-electron chi connectivity index (χ2n) is 7.00. The summed E-state index contributed by atoms with van der Waals surface area (Å²) in [7, 11) is 0. The third-order valence-corrected chi connectivity index (χ3v) is 5.32. The maximum atomic E-state index is 12.0. The molecule has 4 heteroatoms. The van der Waals surface area contributed by atoms with Gasteiger partial charge in [-0.2, -0.15) is 0 Å². The molecular weight excluding hydrogens is 280 g/mol. The Labute approximate surface area is 133 Å². The zero-order chi connectivity index (χ0) is 16.8. The summed E-state index contributed by atoms with van der Waals surface area (Å²) >= 11 is 0. The van der Waals surface area contributed by atoms with Crippen molar-refractivity contribution in [3.63, 3.8) is 0 Å². The maximum Gasteiger partial charge on any atom is 0.311 e. The average molecular weight is 310 g/mol. The normalized spacial score (nSPS) is 28.0. The summed E-state index contributed by atoms with van der Waals surface area (Å²) in [6, 6.07) is 0. The van der Waals surface area contributed by atoms with Crippen molar-refractivity contribution in [3.8, 4) is 0 Å². The molecule has 22 heavy (non-hydrogen) atoms. The van der Waals surface area contributed by atoms with E-state index in [0.29, 0.717) is 31.6 Å². The molecule has 0 fully saturated rings. The summed E-state index contributed by atoms with van der Waals surface area (Å²) in [6.45, 7) is 6.15. The first kappa shape index (κ1) is 18.7. The fourth-order valence-electron chi connectivity index (χ4n) is 3.78. The lowest BCUT2D eigenvalue weighted by molar-refractivity contribution is -0.176. The van der Waals surface area contributed by atoms with E-state index in [-0.39, 0.29) is 0 Å². The summed E-state index contributed by atoms with van der Waals surface area (Å²) < 4.78 is 0. The Kier molecular flexibility index (Phi) is 6.64. The fraction of sp³-hybridized carbons (Fsp3) is 0.778. The van der Waals surface area contributed by atoms with Gasteiger partial charge >= 0.3 is 11.9 Å². The molecule has 0 aromatic heterocycles. The van der Waals surface area contributed by atoms with Gasteiger partial charge in [0.2, 0.25) is 0 Å². The zero-order valence-corrected chi connectivity index (χ0v) is 14.1. The number of hydrogen-bond acceptors (Lipinski definition) is 2. The second kappa shape index (κ2) is 7.80. The standard InChI is InChI=1S/C18H30O4/c1-4-17(15(19)20)11-8-9-13-18(17,16(21)22)12-7-5-6-10-14(2)3/h8-9,14H,4-7,10-13H2,1-3H3,(H,19,20)(H,21,22). The van der Waals surface area contributed by atoms with E-state index in [0.717, 1.165) is 25.7 Å². The molecule has 4 nitrogen and oxygen atoms in total. The molecule has 0 saturated heterocycles. The first-order chi connectivity index (χ1) is 10.3. The molecule has 2 N–H and O–H groups in total. The molecule has 0 aliphatic heterocycles. The summed E-state index contributed by atoms with van der Waals surface area (Å²) in [5.41, 5.74) is -2.34. The third kappa shape index (κ3) is 3.53. The first-order valence-electron chi connectivity index (χ1n) is 8.44. The van der Waals surface area contributed by atoms with Crippen LogP contribution < -0.4 is 0 Å². The summed E-state index contributed by atoms with van der Waals surface area (Å²) in [5.74, 6) is -1.27. The van der Waals surface area contributed by atoms with Gasteiger partial charge in [0.15, 0.2) is 0 Å². The molecule has 1 aliphatic rings. The van der Waals surface area contributed by atoms with Gasteiger partial charge in [-0.15, -0.1) is 0 Å². The monoisotopic (exact) mass is 310 g/mol. The molecule has 2 atom stereocenters. The van der Waals surface area contributed by atoms with Crippen molar-refractivity contribution in [2.45, 2.75) is 72.1 Å². The quantitative estimate of drug-likeness (QED) is 0.486. The van der Waals surface area contributed by atoms with E-state index in [1.54, 1.807) is 6.92 Å². The number of allylic oxidation sites excluding steroid dienone is 2. The van der Waals surface area contributed by atoms with Gasteiger partial charge in [-0.25, -0.2) is 0 Å². The number of hydrogen-bond donors (Lipinski definition) is 2. The van der Waals surface area contributed by atoms with Crippen molar-refractivity contribution >= 4 is 11.9 Å². The van der Waals surface area contributed by atoms with E-state index in [2.05, 4.69) is 13.8 Å². The second-order valence-corrected chi connectivity index (χ2v) is 7.00. The summed E-state index contributed by atoms with van der Waals surface area (Å²) in [5, 5.41) is 19.6. The van der Waals surface area contributed by atoms with Crippen LogP contribution in [0.4, 0.5) is 0 Å². The van der Waals surface area contributed by atoms with Crippen LogP contribution in [-0.4, -0.2) is 22.2 Å². The van der Waals surface area contributed by atoms with Gasteiger partial charge in [0.1, 0.15) is 0 Å². The maximum absolute atomic E-state index is 12.0. The fourth-order valence-corrected chi connectivity index (χ4v) is 3.78. The van der Waals surface area contributed by atoms with E-state index in [9.17, 15) is 19.8 Å². The number of carboxylic acids is 2. The molecule has 0 aromatic rings. The van der Waals surface area contributed by atoms with Gasteiger partial charge in [-0.1, -0.05) is 58.6 Å². The molecule has 126 valence electrons. The Morgan fingerprint density at radius 2 is 1.55 bits per heavy atom. The van der Waals surface area contributed by atoms with Gasteiger partial charge in [-0.3, -0.25) is 9.59 Å². The van der Waals surface area contributed by atoms with Crippen LogP contribution >= 0.6 is 0 Å². The van der Waals surface area contributed by atoms with Crippen molar-refractivity contribution < 1.29 is 19.8 Å². The van der Waals surface area contributed by atoms with Crippen LogP contribution in [0.3, 0.4) is 0 Å². The molecule has 2 unspecified atom stereocenters. The molecule has 0 spiro atoms. The lowest BCUT2D eigenvalue weighted by Gasteiger charge is -2.46. The summed E-state index contributed by atoms with van der Waals surface area (Å²) in [4.78, 5) is 23.9. The van der Waals surface area contributed by atoms with Crippen molar-refractivity contribution in [1.82, 2.24) is 0 Å². The molecule has 1 aliphatic carbocycles. The Morgan fingerprint density at radius 1 is 1.00 bits per heavy atom. The van der Waals surface area contributed by atoms with Crippen LogP contribution in [0.15, 0.2) is 12.2 Å². The Hall–Kier alpha value is -1.32. The van der Waals surface area contributed by atoms with Crippen molar-refractivity contribution in [1.29, 1.82) is 0 Å². The SMILES string of the molecule is CCC1(C(=O)O)CC=CCC1(CCCCCC(C)C)C(=O)O. The van der Waals surface area contributed by atoms with Crippen molar-refractivity contribution in [2.75, 3.05) is 0 Å². The van der Waals surface area contributed by atoms with Crippen LogP contribution in [0.2, 0.25) is 0 Å². The van der Waals surface area contributed by atoms with Gasteiger partial charge in [0, 0.05) is 0 Å². The molecule has 0 heterocycles. The zero-order valence-electron chi connectivity index (χ0n) is 14.1. The predicted molar refractivity (Wildman–Crippen MR) is 86.7 cm³/mol. The van der Waals surface area contributed by atoms with Crippen LogP contribution in [0.25, 0.3) is 0 Å². The average Bonchev–Trinajstić information content (AvgIpc) is 2.46. The number of unbranched alkanes of at least 4 members (excludes halogenated alkanes) is 2. The van der Waals surface area contributed by atoms with Crippen LogP contribution in [0.1, 0.15) is 72.1 Å². The van der Waals surface area contributed by atoms with E-state index in [1.807, 2.05) is 12.2 Å². The number of carbonyl (C=O) groups is 2. The van der Waals surface area contributed by atoms with E-state index >= 15 is 0 Å². The minimum Gasteiger partial charge on any atom is -0.481 e. The van der Waals surface area contributed by atoms with Gasteiger partial charge in [-0.05, 0) is 31.6 Å². The first-order valence-corrected chi connectivity index (χ1v) is 8.44. The minimum atomic E-state index is -1.17. The number of rotatable bonds is 9. The Balaban J connectivity index is 2.90. The predicted octanol–water partition coefficient (Wildman–Crippen LogP) is 4.49. The molecule has 0 aromatic carbocycles. The number of aliphatic carboxylic acids is 2. The van der Waals surface area contributed by atoms with Gasteiger partial charge in [0.05, 0.1) is 10.8 Å². The topological polar surface area (TPSA) is 74.6 Å². The Bertz CT molecular complexity index is 427. The largest absolute Gasteiger partial charge is 0.481 e. The highest BCUT2D eigenvalue weighted by molar-refractivity contribution is 5.87. The van der Waals surface area contributed by atoms with Crippen LogP contribution in [-0.2, 0) is 9.59 Å². The third-order valence-electron chi connectivity index (χ3n) is 5.32. The minimum absolute atomic E-state index is 0.317. The smallest absolute Gasteiger partial charge is 0.311 e. The lowest BCUT2D eigenvalue weighted by atomic mass is 9.54. The highest BCUT2D eigenvalue weighted by Crippen LogP contribution is 2.54. The molecular formula is C18H30O4. The lowest BCUT2D eigenvalue weighted by Crippen LogP contribution is -2.53. The molecule has 0 saturated carbocycles. The summed E-state index contributed by atoms with van der Waals surface area (Å²) in [6.07, 6.45) is 9.09. The van der Waals surface area contributed by atoms with Crippen molar-refractivity contribution in [3.05, 3.63) is 12.2 Å². The highest BCUT2D eigenvalue weighted by Gasteiger charge is 2.59. The van der Waals surface area contributed by atoms with Gasteiger partial charge in [0.25, 0.3) is 0 Å². The molecule has 1 rings (SSSR count). The number of carboxylic acid groups (broad SMARTS) is 2. The van der Waals surface area contributed by atoms with Crippen LogP contribution in [0, 0.1) is 16.7 Å². The van der Waals surface area contributed by atoms with Gasteiger partial charge < -0.3 is 10.2 Å². The molecule has 0 radical (unpaired) electrons. The van der Waals surface area contributed by atoms with E-state index < -0.39 is 22.8 Å². The van der Waals surface area contributed by atoms with E-state index in [4.69, 9.17) is 0 Å². The Morgan fingerprint density at radius 3 is 2.00 bits per heavy atom. The van der Waals surface area contributed by atoms with Crippen LogP contribution in [0.5, 0.6) is 0 Å². The van der Waals surface area contributed by atoms with Crippen molar-refractivity contribution in [2.24, 2.45) is 16.7 Å². The van der Waals surface area contributed by atoms with E-state index in [1.165, 1.54) is 0 Å².